The molecule has 1 aromatic heterocycles. The third-order valence-corrected chi connectivity index (χ3v) is 3.56. The maximum atomic E-state index is 5.88. The maximum Gasteiger partial charge on any atom is 0.162 e. The van der Waals surface area contributed by atoms with Gasteiger partial charge >= 0.3 is 0 Å². The molecule has 0 atom stereocenters. The van der Waals surface area contributed by atoms with Crippen LogP contribution < -0.4 is 9.47 Å². The Morgan fingerprint density at radius 1 is 1.24 bits per heavy atom. The third-order valence-electron chi connectivity index (χ3n) is 3.56. The number of hydrogen-bond donors (Lipinski definition) is 0. The highest BCUT2D eigenvalue weighted by molar-refractivity contribution is 5.81. The van der Waals surface area contributed by atoms with Gasteiger partial charge in [0.1, 0.15) is 12.9 Å². The second-order valence-electron chi connectivity index (χ2n) is 4.89. The highest BCUT2D eigenvalue weighted by Crippen LogP contribution is 2.31. The topological polar surface area (TPSA) is 56.7 Å². The maximum absolute atomic E-state index is 5.88. The van der Waals surface area contributed by atoms with E-state index in [9.17, 15) is 0 Å². The van der Waals surface area contributed by atoms with E-state index in [1.165, 1.54) is 6.33 Å². The number of hydrogen-bond acceptors (Lipinski definition) is 6. The highest BCUT2D eigenvalue weighted by atomic mass is 16.5. The van der Waals surface area contributed by atoms with Crippen LogP contribution in [0, 0.1) is 0 Å². The number of ether oxygens (including phenoxy) is 3. The molecule has 0 bridgehead atoms. The summed E-state index contributed by atoms with van der Waals surface area (Å²) < 4.78 is 16.6. The number of morpholine rings is 1. The first-order valence-corrected chi connectivity index (χ1v) is 7.07. The van der Waals surface area contributed by atoms with E-state index in [0.29, 0.717) is 12.4 Å². The average molecular weight is 289 g/mol. The molecule has 6 nitrogen and oxygen atoms in total. The van der Waals surface area contributed by atoms with Gasteiger partial charge in [-0.3, -0.25) is 4.90 Å². The van der Waals surface area contributed by atoms with E-state index in [4.69, 9.17) is 14.2 Å². The fourth-order valence-electron chi connectivity index (χ4n) is 2.37. The van der Waals surface area contributed by atoms with Crippen molar-refractivity contribution in [2.24, 2.45) is 0 Å². The van der Waals surface area contributed by atoms with Crippen LogP contribution in [0.4, 0.5) is 0 Å². The summed E-state index contributed by atoms with van der Waals surface area (Å²) in [6.07, 6.45) is 3.30. The van der Waals surface area contributed by atoms with E-state index >= 15 is 0 Å². The zero-order valence-corrected chi connectivity index (χ0v) is 12.1. The van der Waals surface area contributed by atoms with E-state index in [2.05, 4.69) is 14.9 Å². The molecule has 0 amide bonds. The van der Waals surface area contributed by atoms with Crippen LogP contribution in [0.2, 0.25) is 0 Å². The molecule has 1 aliphatic rings. The molecule has 0 unspecified atom stereocenters. The molecule has 6 heteroatoms. The summed E-state index contributed by atoms with van der Waals surface area (Å²) in [6, 6.07) is 3.80. The van der Waals surface area contributed by atoms with Gasteiger partial charge in [0.05, 0.1) is 25.8 Å². The standard InChI is InChI=1S/C15H19N3O3/c1-19-14-9-13-12(10-16-11-17-13)8-15(14)21-7-4-18-2-5-20-6-3-18/h8-11H,2-7H2,1H3. The van der Waals surface area contributed by atoms with E-state index in [1.807, 2.05) is 12.1 Å². The molecule has 0 saturated carbocycles. The molecule has 1 saturated heterocycles. The van der Waals surface area contributed by atoms with E-state index in [-0.39, 0.29) is 0 Å². The molecule has 0 aliphatic carbocycles. The van der Waals surface area contributed by atoms with Crippen molar-refractivity contribution in [2.75, 3.05) is 46.6 Å². The molecule has 1 aliphatic heterocycles. The fraction of sp³-hybridized carbons (Fsp3) is 0.467. The summed E-state index contributed by atoms with van der Waals surface area (Å²) in [7, 11) is 1.64. The monoisotopic (exact) mass is 289 g/mol. The lowest BCUT2D eigenvalue weighted by Crippen LogP contribution is -2.38. The molecular weight excluding hydrogens is 270 g/mol. The minimum atomic E-state index is 0.621. The number of rotatable bonds is 5. The van der Waals surface area contributed by atoms with Crippen LogP contribution >= 0.6 is 0 Å². The lowest BCUT2D eigenvalue weighted by molar-refractivity contribution is 0.0321. The van der Waals surface area contributed by atoms with Gasteiger partial charge in [-0.1, -0.05) is 0 Å². The summed E-state index contributed by atoms with van der Waals surface area (Å²) in [5, 5.41) is 0.944. The Morgan fingerprint density at radius 2 is 2.10 bits per heavy atom. The summed E-state index contributed by atoms with van der Waals surface area (Å²) in [5.74, 6) is 1.43. The summed E-state index contributed by atoms with van der Waals surface area (Å²) >= 11 is 0. The van der Waals surface area contributed by atoms with Gasteiger partial charge < -0.3 is 14.2 Å². The van der Waals surface area contributed by atoms with Crippen molar-refractivity contribution in [3.8, 4) is 11.5 Å². The number of nitrogens with zero attached hydrogens (tertiary/aromatic N) is 3. The number of aromatic nitrogens is 2. The Bertz CT molecular complexity index is 600. The molecule has 112 valence electrons. The van der Waals surface area contributed by atoms with Gasteiger partial charge in [0, 0.05) is 37.3 Å². The molecule has 0 N–H and O–H groups in total. The molecule has 2 heterocycles. The van der Waals surface area contributed by atoms with Crippen LogP contribution in [-0.4, -0.2) is 61.4 Å². The predicted octanol–water partition coefficient (Wildman–Crippen LogP) is 1.35. The van der Waals surface area contributed by atoms with Crippen molar-refractivity contribution < 1.29 is 14.2 Å². The Hall–Kier alpha value is -1.92. The van der Waals surface area contributed by atoms with Crippen LogP contribution in [0.5, 0.6) is 11.5 Å². The first-order chi connectivity index (χ1) is 10.4. The minimum absolute atomic E-state index is 0.621. The van der Waals surface area contributed by atoms with Crippen molar-refractivity contribution in [1.82, 2.24) is 14.9 Å². The summed E-state index contributed by atoms with van der Waals surface area (Å²) in [6.45, 7) is 5.04. The SMILES string of the molecule is COc1cc2ncncc2cc1OCCN1CCOCC1. The van der Waals surface area contributed by atoms with E-state index in [1.54, 1.807) is 13.3 Å². The minimum Gasteiger partial charge on any atom is -0.493 e. The van der Waals surface area contributed by atoms with Gasteiger partial charge in [-0.05, 0) is 6.07 Å². The van der Waals surface area contributed by atoms with Gasteiger partial charge in [-0.25, -0.2) is 9.97 Å². The largest absolute Gasteiger partial charge is 0.493 e. The van der Waals surface area contributed by atoms with Crippen molar-refractivity contribution in [3.05, 3.63) is 24.7 Å². The zero-order chi connectivity index (χ0) is 14.5. The van der Waals surface area contributed by atoms with Crippen molar-refractivity contribution in [1.29, 1.82) is 0 Å². The Morgan fingerprint density at radius 3 is 2.90 bits per heavy atom. The number of fused-ring (bicyclic) bond motifs is 1. The van der Waals surface area contributed by atoms with Crippen LogP contribution in [-0.2, 0) is 4.74 Å². The fourth-order valence-corrected chi connectivity index (χ4v) is 2.37. The predicted molar refractivity (Wildman–Crippen MR) is 78.8 cm³/mol. The third kappa shape index (κ3) is 3.40. The van der Waals surface area contributed by atoms with E-state index in [0.717, 1.165) is 49.5 Å². The van der Waals surface area contributed by atoms with Gasteiger partial charge in [-0.15, -0.1) is 0 Å². The van der Waals surface area contributed by atoms with Crippen molar-refractivity contribution in [3.63, 3.8) is 0 Å². The van der Waals surface area contributed by atoms with Gasteiger partial charge in [0.15, 0.2) is 11.5 Å². The second kappa shape index (κ2) is 6.69. The normalized spacial score (nSPS) is 16.0. The van der Waals surface area contributed by atoms with Crippen LogP contribution in [0.1, 0.15) is 0 Å². The van der Waals surface area contributed by atoms with Crippen molar-refractivity contribution >= 4 is 10.9 Å². The Kier molecular flexibility index (Phi) is 4.47. The second-order valence-corrected chi connectivity index (χ2v) is 4.89. The molecule has 1 aromatic carbocycles. The van der Waals surface area contributed by atoms with E-state index < -0.39 is 0 Å². The molecule has 3 rings (SSSR count). The number of benzene rings is 1. The first-order valence-electron chi connectivity index (χ1n) is 7.07. The molecule has 0 spiro atoms. The molecule has 2 aromatic rings. The molecule has 0 radical (unpaired) electrons. The van der Waals surface area contributed by atoms with Gasteiger partial charge in [0.25, 0.3) is 0 Å². The van der Waals surface area contributed by atoms with Gasteiger partial charge in [-0.2, -0.15) is 0 Å². The number of methoxy groups -OCH3 is 1. The van der Waals surface area contributed by atoms with Crippen molar-refractivity contribution in [2.45, 2.75) is 0 Å². The van der Waals surface area contributed by atoms with Gasteiger partial charge in [0.2, 0.25) is 0 Å². The van der Waals surface area contributed by atoms with Crippen LogP contribution in [0.3, 0.4) is 0 Å². The molecule has 21 heavy (non-hydrogen) atoms. The smallest absolute Gasteiger partial charge is 0.162 e. The molecule has 1 fully saturated rings. The van der Waals surface area contributed by atoms with Crippen LogP contribution in [0.15, 0.2) is 24.7 Å². The zero-order valence-electron chi connectivity index (χ0n) is 12.1. The highest BCUT2D eigenvalue weighted by Gasteiger charge is 2.11. The van der Waals surface area contributed by atoms with Crippen LogP contribution in [0.25, 0.3) is 10.9 Å². The Balaban J connectivity index is 1.67. The Labute approximate surface area is 123 Å². The lowest BCUT2D eigenvalue weighted by Gasteiger charge is -2.26. The quantitative estimate of drug-likeness (QED) is 0.828. The lowest BCUT2D eigenvalue weighted by atomic mass is 10.2. The average Bonchev–Trinajstić information content (AvgIpc) is 2.55. The summed E-state index contributed by atoms with van der Waals surface area (Å²) in [5.41, 5.74) is 0.849. The molecular formula is C15H19N3O3. The summed E-state index contributed by atoms with van der Waals surface area (Å²) in [4.78, 5) is 10.6. The first kappa shape index (κ1) is 14.0.